The molecular formula is C10H13F2NS. The summed E-state index contributed by atoms with van der Waals surface area (Å²) in [6.07, 6.45) is 0.0897. The molecule has 0 amide bonds. The topological polar surface area (TPSA) is 12.0 Å². The van der Waals surface area contributed by atoms with Crippen molar-refractivity contribution in [1.29, 1.82) is 0 Å². The number of aryl methyl sites for hydroxylation is 1. The van der Waals surface area contributed by atoms with E-state index in [0.29, 0.717) is 6.54 Å². The molecule has 4 heteroatoms. The van der Waals surface area contributed by atoms with Crippen molar-refractivity contribution < 1.29 is 8.78 Å². The average Bonchev–Trinajstić information content (AvgIpc) is 2.44. The molecule has 2 rings (SSSR count). The van der Waals surface area contributed by atoms with Gasteiger partial charge in [0.05, 0.1) is 0 Å². The highest BCUT2D eigenvalue weighted by molar-refractivity contribution is 7.08. The molecule has 1 fully saturated rings. The van der Waals surface area contributed by atoms with Crippen LogP contribution in [0.4, 0.5) is 14.5 Å². The number of thiophene rings is 1. The number of hydrogen-bond donors (Lipinski definition) is 1. The molecule has 1 aliphatic rings. The Kier molecular flexibility index (Phi) is 2.47. The van der Waals surface area contributed by atoms with E-state index in [0.717, 1.165) is 5.69 Å². The van der Waals surface area contributed by atoms with Gasteiger partial charge in [0, 0.05) is 30.5 Å². The smallest absolute Gasteiger partial charge is 0.248 e. The fraction of sp³-hybridized carbons (Fsp3) is 0.600. The Morgan fingerprint density at radius 2 is 2.21 bits per heavy atom. The van der Waals surface area contributed by atoms with Crippen molar-refractivity contribution >= 4 is 17.0 Å². The Morgan fingerprint density at radius 3 is 2.71 bits per heavy atom. The molecule has 1 nitrogen and oxygen atoms in total. The quantitative estimate of drug-likeness (QED) is 0.817. The Bertz CT molecular complexity index is 314. The Balaban J connectivity index is 1.77. The van der Waals surface area contributed by atoms with Crippen molar-refractivity contribution in [2.24, 2.45) is 5.92 Å². The Morgan fingerprint density at radius 1 is 1.50 bits per heavy atom. The van der Waals surface area contributed by atoms with E-state index in [-0.39, 0.29) is 18.8 Å². The standard InChI is InChI=1S/C10H13F2NS/c1-7-5-14-6-9(7)13-4-8-2-10(11,12)3-8/h5-6,8,13H,2-4H2,1H3. The van der Waals surface area contributed by atoms with Gasteiger partial charge in [0.15, 0.2) is 0 Å². The van der Waals surface area contributed by atoms with Crippen LogP contribution in [0.1, 0.15) is 18.4 Å². The fourth-order valence-corrected chi connectivity index (χ4v) is 2.53. The maximum Gasteiger partial charge on any atom is 0.248 e. The van der Waals surface area contributed by atoms with Gasteiger partial charge in [0.25, 0.3) is 0 Å². The first-order chi connectivity index (χ1) is 6.57. The zero-order valence-electron chi connectivity index (χ0n) is 8.02. The van der Waals surface area contributed by atoms with Gasteiger partial charge in [-0.15, -0.1) is 11.3 Å². The molecule has 78 valence electrons. The van der Waals surface area contributed by atoms with Crippen molar-refractivity contribution in [2.45, 2.75) is 25.7 Å². The van der Waals surface area contributed by atoms with Gasteiger partial charge in [-0.05, 0) is 23.8 Å². The first kappa shape index (κ1) is 9.90. The van der Waals surface area contributed by atoms with E-state index in [9.17, 15) is 8.78 Å². The van der Waals surface area contributed by atoms with E-state index in [1.807, 2.05) is 12.3 Å². The number of anilines is 1. The monoisotopic (exact) mass is 217 g/mol. The third-order valence-corrected chi connectivity index (χ3v) is 3.47. The molecule has 0 aromatic carbocycles. The lowest BCUT2D eigenvalue weighted by atomic mass is 9.81. The summed E-state index contributed by atoms with van der Waals surface area (Å²) in [6.45, 7) is 2.70. The molecule has 1 heterocycles. The maximum atomic E-state index is 12.5. The molecule has 0 radical (unpaired) electrons. The summed E-state index contributed by atoms with van der Waals surface area (Å²) in [5.41, 5.74) is 2.28. The number of halogens is 2. The third kappa shape index (κ3) is 2.05. The molecule has 0 unspecified atom stereocenters. The van der Waals surface area contributed by atoms with Crippen molar-refractivity contribution in [3.05, 3.63) is 16.3 Å². The van der Waals surface area contributed by atoms with Gasteiger partial charge in [0.1, 0.15) is 0 Å². The fourth-order valence-electron chi connectivity index (χ4n) is 1.73. The molecule has 0 aliphatic heterocycles. The largest absolute Gasteiger partial charge is 0.384 e. The predicted octanol–water partition coefficient (Wildman–Crippen LogP) is 3.51. The highest BCUT2D eigenvalue weighted by Gasteiger charge is 2.44. The molecule has 1 saturated carbocycles. The van der Waals surface area contributed by atoms with Crippen molar-refractivity contribution in [2.75, 3.05) is 11.9 Å². The normalized spacial score (nSPS) is 20.5. The van der Waals surface area contributed by atoms with Crippen molar-refractivity contribution in [3.63, 3.8) is 0 Å². The second kappa shape index (κ2) is 3.50. The van der Waals surface area contributed by atoms with Gasteiger partial charge in [-0.25, -0.2) is 8.78 Å². The van der Waals surface area contributed by atoms with Gasteiger partial charge in [-0.1, -0.05) is 0 Å². The van der Waals surface area contributed by atoms with Gasteiger partial charge in [-0.2, -0.15) is 0 Å². The first-order valence-corrected chi connectivity index (χ1v) is 5.65. The van der Waals surface area contributed by atoms with Crippen LogP contribution in [0.3, 0.4) is 0 Å². The number of nitrogens with one attached hydrogen (secondary N) is 1. The second-order valence-corrected chi connectivity index (χ2v) is 4.72. The number of alkyl halides is 2. The van der Waals surface area contributed by atoms with E-state index >= 15 is 0 Å². The third-order valence-electron chi connectivity index (χ3n) is 2.61. The van der Waals surface area contributed by atoms with E-state index in [1.54, 1.807) is 11.3 Å². The summed E-state index contributed by atoms with van der Waals surface area (Å²) < 4.78 is 25.0. The summed E-state index contributed by atoms with van der Waals surface area (Å²) in [4.78, 5) is 0. The van der Waals surface area contributed by atoms with Crippen LogP contribution in [0.5, 0.6) is 0 Å². The summed E-state index contributed by atoms with van der Waals surface area (Å²) in [5.74, 6) is -2.25. The molecular weight excluding hydrogens is 204 g/mol. The molecule has 1 N–H and O–H groups in total. The molecule has 0 atom stereocenters. The van der Waals surface area contributed by atoms with Crippen LogP contribution in [-0.2, 0) is 0 Å². The molecule has 0 bridgehead atoms. The summed E-state index contributed by atoms with van der Waals surface area (Å²) in [6, 6.07) is 0. The molecule has 0 spiro atoms. The number of rotatable bonds is 3. The second-order valence-electron chi connectivity index (χ2n) is 3.98. The minimum absolute atomic E-state index is 0.0448. The lowest BCUT2D eigenvalue weighted by Crippen LogP contribution is -2.39. The van der Waals surface area contributed by atoms with Crippen LogP contribution in [0.15, 0.2) is 10.8 Å². The molecule has 1 aromatic heterocycles. The van der Waals surface area contributed by atoms with Crippen LogP contribution in [0.25, 0.3) is 0 Å². The van der Waals surface area contributed by atoms with Crippen LogP contribution in [0, 0.1) is 12.8 Å². The van der Waals surface area contributed by atoms with E-state index in [1.165, 1.54) is 5.56 Å². The molecule has 1 aliphatic carbocycles. The van der Waals surface area contributed by atoms with E-state index < -0.39 is 5.92 Å². The van der Waals surface area contributed by atoms with Crippen LogP contribution < -0.4 is 5.32 Å². The lowest BCUT2D eigenvalue weighted by molar-refractivity contribution is -0.106. The van der Waals surface area contributed by atoms with Crippen LogP contribution >= 0.6 is 11.3 Å². The molecule has 0 saturated heterocycles. The Labute approximate surface area is 86.1 Å². The molecule has 1 aromatic rings. The minimum Gasteiger partial charge on any atom is -0.384 e. The highest BCUT2D eigenvalue weighted by atomic mass is 32.1. The highest BCUT2D eigenvalue weighted by Crippen LogP contribution is 2.42. The lowest BCUT2D eigenvalue weighted by Gasteiger charge is -2.35. The minimum atomic E-state index is -2.39. The van der Waals surface area contributed by atoms with Crippen LogP contribution in [-0.4, -0.2) is 12.5 Å². The zero-order chi connectivity index (χ0) is 10.2. The average molecular weight is 217 g/mol. The van der Waals surface area contributed by atoms with E-state index in [2.05, 4.69) is 10.7 Å². The van der Waals surface area contributed by atoms with Crippen LogP contribution in [0.2, 0.25) is 0 Å². The molecule has 14 heavy (non-hydrogen) atoms. The summed E-state index contributed by atoms with van der Waals surface area (Å²) in [7, 11) is 0. The summed E-state index contributed by atoms with van der Waals surface area (Å²) >= 11 is 1.63. The van der Waals surface area contributed by atoms with Gasteiger partial charge in [-0.3, -0.25) is 0 Å². The maximum absolute atomic E-state index is 12.5. The summed E-state index contributed by atoms with van der Waals surface area (Å²) in [5, 5.41) is 7.28. The zero-order valence-corrected chi connectivity index (χ0v) is 8.83. The predicted molar refractivity (Wildman–Crippen MR) is 55.2 cm³/mol. The van der Waals surface area contributed by atoms with Crippen molar-refractivity contribution in [3.8, 4) is 0 Å². The van der Waals surface area contributed by atoms with Gasteiger partial charge < -0.3 is 5.32 Å². The van der Waals surface area contributed by atoms with E-state index in [4.69, 9.17) is 0 Å². The Hall–Kier alpha value is -0.640. The van der Waals surface area contributed by atoms with Gasteiger partial charge in [0.2, 0.25) is 5.92 Å². The van der Waals surface area contributed by atoms with Crippen molar-refractivity contribution in [1.82, 2.24) is 0 Å². The SMILES string of the molecule is Cc1cscc1NCC1CC(F)(F)C1. The number of hydrogen-bond acceptors (Lipinski definition) is 2. The first-order valence-electron chi connectivity index (χ1n) is 4.71. The van der Waals surface area contributed by atoms with Gasteiger partial charge >= 0.3 is 0 Å².